The first-order valence-corrected chi connectivity index (χ1v) is 10.5. The molecule has 3 rings (SSSR count). The molecule has 0 aromatic heterocycles. The van der Waals surface area contributed by atoms with Crippen LogP contribution in [0.5, 0.6) is 0 Å². The summed E-state index contributed by atoms with van der Waals surface area (Å²) in [5.41, 5.74) is 1.50. The Labute approximate surface area is 167 Å². The predicted molar refractivity (Wildman–Crippen MR) is 108 cm³/mol. The van der Waals surface area contributed by atoms with Crippen molar-refractivity contribution >= 4 is 17.8 Å². The summed E-state index contributed by atoms with van der Waals surface area (Å²) in [5.74, 6) is -0.589. The number of unbranched alkanes of at least 4 members (excludes halogenated alkanes) is 3. The van der Waals surface area contributed by atoms with E-state index in [4.69, 9.17) is 0 Å². The molecule has 1 aromatic carbocycles. The van der Waals surface area contributed by atoms with Gasteiger partial charge < -0.3 is 10.6 Å². The lowest BCUT2D eigenvalue weighted by molar-refractivity contribution is -0.135. The van der Waals surface area contributed by atoms with Gasteiger partial charge >= 0.3 is 6.03 Å². The molecule has 0 spiro atoms. The molecule has 0 saturated carbocycles. The van der Waals surface area contributed by atoms with Crippen molar-refractivity contribution in [1.82, 2.24) is 15.5 Å². The molecular formula is C22H31N3O3. The van der Waals surface area contributed by atoms with Crippen LogP contribution in [0, 0.1) is 0 Å². The lowest BCUT2D eigenvalue weighted by Gasteiger charge is -2.27. The van der Waals surface area contributed by atoms with Crippen molar-refractivity contribution in [3.05, 3.63) is 35.4 Å². The SMILES string of the molecule is CCCCCCC1(C)NC(=O)N(CC(=O)NC2CCCc3ccccc32)C1=O. The number of nitrogens with one attached hydrogen (secondary N) is 2. The molecular weight excluding hydrogens is 354 g/mol. The molecule has 1 fully saturated rings. The molecule has 2 N–H and O–H groups in total. The van der Waals surface area contributed by atoms with Crippen LogP contribution in [0.25, 0.3) is 0 Å². The Kier molecular flexibility index (Phi) is 6.37. The van der Waals surface area contributed by atoms with Crippen LogP contribution in [0.1, 0.15) is 76.0 Å². The van der Waals surface area contributed by atoms with Gasteiger partial charge in [0.2, 0.25) is 5.91 Å². The van der Waals surface area contributed by atoms with Gasteiger partial charge in [0.15, 0.2) is 0 Å². The number of imide groups is 1. The second kappa shape index (κ2) is 8.76. The van der Waals surface area contributed by atoms with E-state index in [1.807, 2.05) is 18.2 Å². The third kappa shape index (κ3) is 4.37. The number of aryl methyl sites for hydroxylation is 1. The zero-order valence-electron chi connectivity index (χ0n) is 16.9. The Morgan fingerprint density at radius 1 is 1.25 bits per heavy atom. The first-order valence-electron chi connectivity index (χ1n) is 10.5. The van der Waals surface area contributed by atoms with E-state index in [2.05, 4.69) is 23.6 Å². The van der Waals surface area contributed by atoms with E-state index < -0.39 is 11.6 Å². The summed E-state index contributed by atoms with van der Waals surface area (Å²) in [5, 5.41) is 5.81. The van der Waals surface area contributed by atoms with Crippen molar-refractivity contribution in [2.24, 2.45) is 0 Å². The molecule has 6 nitrogen and oxygen atoms in total. The molecule has 2 aliphatic rings. The topological polar surface area (TPSA) is 78.5 Å². The van der Waals surface area contributed by atoms with Gasteiger partial charge in [0, 0.05) is 0 Å². The molecule has 2 atom stereocenters. The van der Waals surface area contributed by atoms with E-state index in [-0.39, 0.29) is 24.4 Å². The average molecular weight is 386 g/mol. The minimum atomic E-state index is -0.900. The van der Waals surface area contributed by atoms with E-state index in [0.29, 0.717) is 6.42 Å². The molecule has 1 saturated heterocycles. The largest absolute Gasteiger partial charge is 0.348 e. The summed E-state index contributed by atoms with van der Waals surface area (Å²) in [6.45, 7) is 3.66. The normalized spacial score (nSPS) is 24.1. The van der Waals surface area contributed by atoms with Crippen molar-refractivity contribution in [3.63, 3.8) is 0 Å². The molecule has 6 heteroatoms. The molecule has 28 heavy (non-hydrogen) atoms. The highest BCUT2D eigenvalue weighted by Crippen LogP contribution is 2.29. The molecule has 1 aliphatic heterocycles. The first-order chi connectivity index (χ1) is 13.4. The lowest BCUT2D eigenvalue weighted by Crippen LogP contribution is -2.45. The van der Waals surface area contributed by atoms with Crippen LogP contribution >= 0.6 is 0 Å². The Balaban J connectivity index is 1.58. The number of benzene rings is 1. The molecule has 4 amide bonds. The summed E-state index contributed by atoms with van der Waals surface area (Å²) >= 11 is 0. The molecule has 1 aromatic rings. The van der Waals surface area contributed by atoms with Crippen molar-refractivity contribution < 1.29 is 14.4 Å². The summed E-state index contributed by atoms with van der Waals surface area (Å²) in [4.78, 5) is 38.8. The molecule has 1 heterocycles. The fourth-order valence-corrected chi connectivity index (χ4v) is 4.25. The van der Waals surface area contributed by atoms with Gasteiger partial charge in [0.1, 0.15) is 12.1 Å². The van der Waals surface area contributed by atoms with Crippen molar-refractivity contribution in [2.45, 2.75) is 76.8 Å². The second-order valence-electron chi connectivity index (χ2n) is 8.18. The highest BCUT2D eigenvalue weighted by molar-refractivity contribution is 6.08. The summed E-state index contributed by atoms with van der Waals surface area (Å²) < 4.78 is 0. The molecule has 0 radical (unpaired) electrons. The van der Waals surface area contributed by atoms with Gasteiger partial charge in [-0.05, 0) is 43.7 Å². The zero-order valence-corrected chi connectivity index (χ0v) is 16.9. The van der Waals surface area contributed by atoms with Gasteiger partial charge in [-0.2, -0.15) is 0 Å². The molecule has 1 aliphatic carbocycles. The third-order valence-corrected chi connectivity index (χ3v) is 5.88. The number of carbonyl (C=O) groups excluding carboxylic acids is 3. The zero-order chi connectivity index (χ0) is 20.1. The van der Waals surface area contributed by atoms with Crippen LogP contribution in [0.15, 0.2) is 24.3 Å². The van der Waals surface area contributed by atoms with Crippen LogP contribution in [0.3, 0.4) is 0 Å². The number of carbonyl (C=O) groups is 3. The smallest absolute Gasteiger partial charge is 0.325 e. The lowest BCUT2D eigenvalue weighted by atomic mass is 9.88. The van der Waals surface area contributed by atoms with Gasteiger partial charge in [0.05, 0.1) is 6.04 Å². The van der Waals surface area contributed by atoms with E-state index in [1.54, 1.807) is 6.92 Å². The number of fused-ring (bicyclic) bond motifs is 1. The van der Waals surface area contributed by atoms with E-state index in [9.17, 15) is 14.4 Å². The third-order valence-electron chi connectivity index (χ3n) is 5.88. The van der Waals surface area contributed by atoms with Crippen LogP contribution < -0.4 is 10.6 Å². The first kappa shape index (κ1) is 20.4. The van der Waals surface area contributed by atoms with E-state index in [1.165, 1.54) is 5.56 Å². The second-order valence-corrected chi connectivity index (χ2v) is 8.18. The molecule has 2 unspecified atom stereocenters. The van der Waals surface area contributed by atoms with Gasteiger partial charge in [-0.15, -0.1) is 0 Å². The monoisotopic (exact) mass is 385 g/mol. The Bertz CT molecular complexity index is 748. The summed E-state index contributed by atoms with van der Waals surface area (Å²) in [7, 11) is 0. The van der Waals surface area contributed by atoms with Crippen molar-refractivity contribution in [1.29, 1.82) is 0 Å². The maximum Gasteiger partial charge on any atom is 0.325 e. The van der Waals surface area contributed by atoms with Gasteiger partial charge in [0.25, 0.3) is 5.91 Å². The number of nitrogens with zero attached hydrogens (tertiary/aromatic N) is 1. The van der Waals surface area contributed by atoms with E-state index >= 15 is 0 Å². The fraction of sp³-hybridized carbons (Fsp3) is 0.591. The van der Waals surface area contributed by atoms with Crippen LogP contribution in [0.4, 0.5) is 4.79 Å². The number of urea groups is 1. The van der Waals surface area contributed by atoms with Crippen LogP contribution in [-0.4, -0.2) is 34.8 Å². The van der Waals surface area contributed by atoms with E-state index in [0.717, 1.165) is 55.4 Å². The number of hydrogen-bond acceptors (Lipinski definition) is 3. The highest BCUT2D eigenvalue weighted by Gasteiger charge is 2.47. The van der Waals surface area contributed by atoms with Crippen LogP contribution in [-0.2, 0) is 16.0 Å². The highest BCUT2D eigenvalue weighted by atomic mass is 16.2. The Morgan fingerprint density at radius 3 is 2.82 bits per heavy atom. The Morgan fingerprint density at radius 2 is 2.04 bits per heavy atom. The maximum absolute atomic E-state index is 12.8. The van der Waals surface area contributed by atoms with Gasteiger partial charge in [-0.1, -0.05) is 56.9 Å². The number of amides is 4. The average Bonchev–Trinajstić information content (AvgIpc) is 2.89. The van der Waals surface area contributed by atoms with Crippen molar-refractivity contribution in [2.75, 3.05) is 6.54 Å². The van der Waals surface area contributed by atoms with Crippen LogP contribution in [0.2, 0.25) is 0 Å². The standard InChI is InChI=1S/C22H31N3O3/c1-3-4-5-8-14-22(2)20(27)25(21(28)24-22)15-19(26)23-18-13-9-11-16-10-6-7-12-17(16)18/h6-7,10,12,18H,3-5,8-9,11,13-15H2,1-2H3,(H,23,26)(H,24,28). The molecule has 152 valence electrons. The summed E-state index contributed by atoms with van der Waals surface area (Å²) in [6.07, 6.45) is 7.67. The predicted octanol–water partition coefficient (Wildman–Crippen LogP) is 3.46. The minimum Gasteiger partial charge on any atom is -0.348 e. The van der Waals surface area contributed by atoms with Gasteiger partial charge in [-0.25, -0.2) is 4.79 Å². The van der Waals surface area contributed by atoms with Crippen molar-refractivity contribution in [3.8, 4) is 0 Å². The summed E-state index contributed by atoms with van der Waals surface area (Å²) in [6, 6.07) is 7.60. The quantitative estimate of drug-likeness (QED) is 0.531. The fourth-order valence-electron chi connectivity index (χ4n) is 4.25. The van der Waals surface area contributed by atoms with Gasteiger partial charge in [-0.3, -0.25) is 14.5 Å². The Hall–Kier alpha value is -2.37. The maximum atomic E-state index is 12.8. The minimum absolute atomic E-state index is 0.0568. The number of hydrogen-bond donors (Lipinski definition) is 2. The number of rotatable bonds is 8. The molecule has 0 bridgehead atoms.